The third-order valence-corrected chi connectivity index (χ3v) is 4.35. The summed E-state index contributed by atoms with van der Waals surface area (Å²) < 4.78 is 18.6. The van der Waals surface area contributed by atoms with Gasteiger partial charge in [-0.2, -0.15) is 0 Å². The van der Waals surface area contributed by atoms with Crippen molar-refractivity contribution in [3.05, 3.63) is 29.6 Å². The van der Waals surface area contributed by atoms with Crippen molar-refractivity contribution in [2.45, 2.75) is 25.9 Å². The van der Waals surface area contributed by atoms with E-state index in [9.17, 15) is 4.39 Å². The van der Waals surface area contributed by atoms with Crippen LogP contribution in [0.25, 0.3) is 0 Å². The second kappa shape index (κ2) is 6.73. The predicted octanol–water partition coefficient (Wildman–Crippen LogP) is 1.69. The second-order valence-electron chi connectivity index (χ2n) is 6.25. The average Bonchev–Trinajstić information content (AvgIpc) is 2.48. The number of methoxy groups -OCH3 is 1. The zero-order valence-corrected chi connectivity index (χ0v) is 13.2. The molecule has 1 aromatic carbocycles. The smallest absolute Gasteiger partial charge is 0.165 e. The van der Waals surface area contributed by atoms with Crippen molar-refractivity contribution >= 4 is 0 Å². The molecule has 1 fully saturated rings. The molecule has 1 saturated heterocycles. The highest BCUT2D eigenvalue weighted by Crippen LogP contribution is 2.20. The Labute approximate surface area is 126 Å². The van der Waals surface area contributed by atoms with Crippen molar-refractivity contribution in [2.24, 2.45) is 5.73 Å². The molecule has 1 aromatic rings. The van der Waals surface area contributed by atoms with Crippen LogP contribution in [0.5, 0.6) is 5.75 Å². The van der Waals surface area contributed by atoms with E-state index < -0.39 is 0 Å². The third kappa shape index (κ3) is 3.93. The normalized spacial score (nSPS) is 18.0. The molecule has 1 heterocycles. The van der Waals surface area contributed by atoms with Crippen LogP contribution >= 0.6 is 0 Å². The van der Waals surface area contributed by atoms with Gasteiger partial charge >= 0.3 is 0 Å². The SMILES string of the molecule is COc1ccc(CN2CCN(C(C)(C)CN)CC2)cc1F. The minimum absolute atomic E-state index is 0.0539. The largest absolute Gasteiger partial charge is 0.494 e. The lowest BCUT2D eigenvalue weighted by Crippen LogP contribution is -2.57. The van der Waals surface area contributed by atoms with E-state index in [4.69, 9.17) is 10.5 Å². The lowest BCUT2D eigenvalue weighted by molar-refractivity contribution is 0.0537. The van der Waals surface area contributed by atoms with Crippen molar-refractivity contribution in [1.82, 2.24) is 9.80 Å². The molecular weight excluding hydrogens is 269 g/mol. The highest BCUT2D eigenvalue weighted by atomic mass is 19.1. The van der Waals surface area contributed by atoms with E-state index in [0.29, 0.717) is 12.3 Å². The molecule has 0 amide bonds. The first kappa shape index (κ1) is 16.2. The molecule has 118 valence electrons. The minimum atomic E-state index is -0.294. The molecule has 21 heavy (non-hydrogen) atoms. The average molecular weight is 295 g/mol. The van der Waals surface area contributed by atoms with Crippen molar-refractivity contribution in [1.29, 1.82) is 0 Å². The van der Waals surface area contributed by atoms with E-state index in [1.807, 2.05) is 6.07 Å². The van der Waals surface area contributed by atoms with Gasteiger partial charge in [0.15, 0.2) is 11.6 Å². The van der Waals surface area contributed by atoms with Crippen molar-refractivity contribution < 1.29 is 9.13 Å². The number of rotatable bonds is 5. The molecule has 5 heteroatoms. The van der Waals surface area contributed by atoms with E-state index in [0.717, 1.165) is 38.3 Å². The van der Waals surface area contributed by atoms with E-state index in [1.54, 1.807) is 12.1 Å². The maximum Gasteiger partial charge on any atom is 0.165 e. The van der Waals surface area contributed by atoms with Crippen LogP contribution in [0.3, 0.4) is 0 Å². The van der Waals surface area contributed by atoms with E-state index in [1.165, 1.54) is 7.11 Å². The molecule has 0 spiro atoms. The van der Waals surface area contributed by atoms with Crippen LogP contribution in [-0.2, 0) is 6.54 Å². The predicted molar refractivity (Wildman–Crippen MR) is 82.9 cm³/mol. The van der Waals surface area contributed by atoms with Gasteiger partial charge in [-0.1, -0.05) is 6.07 Å². The summed E-state index contributed by atoms with van der Waals surface area (Å²) in [5, 5.41) is 0. The van der Waals surface area contributed by atoms with Crippen LogP contribution in [0.1, 0.15) is 19.4 Å². The van der Waals surface area contributed by atoms with E-state index in [2.05, 4.69) is 23.6 Å². The van der Waals surface area contributed by atoms with Crippen LogP contribution in [-0.4, -0.2) is 55.2 Å². The van der Waals surface area contributed by atoms with Gasteiger partial charge in [-0.05, 0) is 31.5 Å². The number of benzene rings is 1. The molecule has 2 N–H and O–H groups in total. The monoisotopic (exact) mass is 295 g/mol. The maximum absolute atomic E-state index is 13.7. The Bertz CT molecular complexity index is 471. The molecule has 0 unspecified atom stereocenters. The zero-order valence-electron chi connectivity index (χ0n) is 13.2. The summed E-state index contributed by atoms with van der Waals surface area (Å²) in [6.07, 6.45) is 0. The lowest BCUT2D eigenvalue weighted by atomic mass is 10.0. The van der Waals surface area contributed by atoms with E-state index >= 15 is 0 Å². The quantitative estimate of drug-likeness (QED) is 0.897. The molecular formula is C16H26FN3O. The van der Waals surface area contributed by atoms with Gasteiger partial charge in [0.2, 0.25) is 0 Å². The molecule has 0 aromatic heterocycles. The van der Waals surface area contributed by atoms with Crippen LogP contribution in [0.2, 0.25) is 0 Å². The molecule has 1 aliphatic heterocycles. The lowest BCUT2D eigenvalue weighted by Gasteiger charge is -2.43. The number of hydrogen-bond donors (Lipinski definition) is 1. The minimum Gasteiger partial charge on any atom is -0.494 e. The molecule has 0 radical (unpaired) electrons. The number of piperazine rings is 1. The Balaban J connectivity index is 1.90. The topological polar surface area (TPSA) is 41.7 Å². The van der Waals surface area contributed by atoms with Gasteiger partial charge in [0.1, 0.15) is 0 Å². The first-order valence-corrected chi connectivity index (χ1v) is 7.46. The van der Waals surface area contributed by atoms with Crippen LogP contribution in [0.4, 0.5) is 4.39 Å². The summed E-state index contributed by atoms with van der Waals surface area (Å²) in [4.78, 5) is 4.78. The Hall–Kier alpha value is -1.17. The van der Waals surface area contributed by atoms with Gasteiger partial charge in [0.25, 0.3) is 0 Å². The summed E-state index contributed by atoms with van der Waals surface area (Å²) >= 11 is 0. The van der Waals surface area contributed by atoms with Crippen molar-refractivity contribution in [2.75, 3.05) is 39.8 Å². The second-order valence-corrected chi connectivity index (χ2v) is 6.25. The summed E-state index contributed by atoms with van der Waals surface area (Å²) in [6, 6.07) is 5.19. The fraction of sp³-hybridized carbons (Fsp3) is 0.625. The first-order valence-electron chi connectivity index (χ1n) is 7.46. The van der Waals surface area contributed by atoms with Gasteiger partial charge in [0.05, 0.1) is 7.11 Å². The van der Waals surface area contributed by atoms with E-state index in [-0.39, 0.29) is 11.4 Å². The fourth-order valence-electron chi connectivity index (χ4n) is 2.71. The van der Waals surface area contributed by atoms with Crippen molar-refractivity contribution in [3.8, 4) is 5.75 Å². The number of nitrogens with zero attached hydrogens (tertiary/aromatic N) is 2. The Morgan fingerprint density at radius 1 is 1.24 bits per heavy atom. The Morgan fingerprint density at radius 2 is 1.90 bits per heavy atom. The summed E-state index contributed by atoms with van der Waals surface area (Å²) in [6.45, 7) is 9.78. The van der Waals surface area contributed by atoms with Gasteiger partial charge in [0, 0.05) is 44.8 Å². The molecule has 4 nitrogen and oxygen atoms in total. The van der Waals surface area contributed by atoms with Gasteiger partial charge < -0.3 is 10.5 Å². The van der Waals surface area contributed by atoms with Gasteiger partial charge in [-0.3, -0.25) is 9.80 Å². The number of ether oxygens (including phenoxy) is 1. The number of nitrogens with two attached hydrogens (primary N) is 1. The van der Waals surface area contributed by atoms with Crippen LogP contribution in [0, 0.1) is 5.82 Å². The third-order valence-electron chi connectivity index (χ3n) is 4.35. The Kier molecular flexibility index (Phi) is 5.19. The Morgan fingerprint density at radius 3 is 2.43 bits per heavy atom. The molecule has 0 bridgehead atoms. The summed E-state index contributed by atoms with van der Waals surface area (Å²) in [7, 11) is 1.48. The summed E-state index contributed by atoms with van der Waals surface area (Å²) in [5.74, 6) is 0.00571. The zero-order chi connectivity index (χ0) is 15.5. The van der Waals surface area contributed by atoms with Crippen molar-refractivity contribution in [3.63, 3.8) is 0 Å². The maximum atomic E-state index is 13.7. The first-order chi connectivity index (χ1) is 9.96. The highest BCUT2D eigenvalue weighted by molar-refractivity contribution is 5.29. The molecule has 2 rings (SSSR count). The number of hydrogen-bond acceptors (Lipinski definition) is 4. The fourth-order valence-corrected chi connectivity index (χ4v) is 2.71. The molecule has 0 aliphatic carbocycles. The highest BCUT2D eigenvalue weighted by Gasteiger charge is 2.28. The van der Waals surface area contributed by atoms with Gasteiger partial charge in [-0.15, -0.1) is 0 Å². The molecule has 1 aliphatic rings. The standard InChI is InChI=1S/C16H26FN3O/c1-16(2,12-18)20-8-6-19(7-9-20)11-13-4-5-15(21-3)14(17)10-13/h4-5,10H,6-9,11-12,18H2,1-3H3. The van der Waals surface area contributed by atoms with Crippen LogP contribution in [0.15, 0.2) is 18.2 Å². The molecule has 0 atom stereocenters. The van der Waals surface area contributed by atoms with Gasteiger partial charge in [-0.25, -0.2) is 4.39 Å². The number of halogens is 1. The summed E-state index contributed by atoms with van der Waals surface area (Å²) in [5.41, 5.74) is 6.87. The molecule has 0 saturated carbocycles. The van der Waals surface area contributed by atoms with Crippen LogP contribution < -0.4 is 10.5 Å².